The van der Waals surface area contributed by atoms with E-state index in [1.54, 1.807) is 0 Å². The lowest BCUT2D eigenvalue weighted by Crippen LogP contribution is -2.42. The molecular formula is C9H13N3O2. The molecule has 1 aliphatic rings. The maximum absolute atomic E-state index is 11.5. The summed E-state index contributed by atoms with van der Waals surface area (Å²) in [6, 6.07) is 0.264. The highest BCUT2D eigenvalue weighted by Crippen LogP contribution is 2.03. The van der Waals surface area contributed by atoms with E-state index in [2.05, 4.69) is 15.6 Å². The summed E-state index contributed by atoms with van der Waals surface area (Å²) >= 11 is 0. The molecule has 0 spiro atoms. The average Bonchev–Trinajstić information content (AvgIpc) is 2.72. The van der Waals surface area contributed by atoms with Crippen LogP contribution in [0.15, 0.2) is 17.1 Å². The highest BCUT2D eigenvalue weighted by molar-refractivity contribution is 5.91. The van der Waals surface area contributed by atoms with Crippen molar-refractivity contribution in [3.8, 4) is 0 Å². The molecule has 0 aromatic carbocycles. The normalized spacial score (nSPS) is 18.0. The number of carbonyl (C=O) groups excluding carboxylic acids is 1. The molecule has 0 bridgehead atoms. The Morgan fingerprint density at radius 3 is 3.00 bits per heavy atom. The third kappa shape index (κ3) is 2.11. The molecule has 1 saturated heterocycles. The molecule has 0 atom stereocenters. The number of oxazole rings is 1. The van der Waals surface area contributed by atoms with Gasteiger partial charge < -0.3 is 15.1 Å². The van der Waals surface area contributed by atoms with E-state index in [0.29, 0.717) is 5.69 Å². The molecule has 2 N–H and O–H groups in total. The van der Waals surface area contributed by atoms with Crippen molar-refractivity contribution >= 4 is 5.91 Å². The Balaban J connectivity index is 1.87. The van der Waals surface area contributed by atoms with Crippen molar-refractivity contribution in [3.63, 3.8) is 0 Å². The quantitative estimate of drug-likeness (QED) is 0.705. The molecule has 1 aromatic rings. The first-order chi connectivity index (χ1) is 6.86. The standard InChI is InChI=1S/C9H13N3O2/c13-9(8-5-14-6-11-8)12-7-1-3-10-4-2-7/h5-7,10H,1-4H2,(H,12,13). The van der Waals surface area contributed by atoms with Crippen LogP contribution in [0.2, 0.25) is 0 Å². The van der Waals surface area contributed by atoms with Gasteiger partial charge in [-0.3, -0.25) is 4.79 Å². The first-order valence-corrected chi connectivity index (χ1v) is 4.76. The van der Waals surface area contributed by atoms with Gasteiger partial charge in [0.25, 0.3) is 5.91 Å². The number of hydrogen-bond donors (Lipinski definition) is 2. The Kier molecular flexibility index (Phi) is 2.78. The van der Waals surface area contributed by atoms with E-state index in [9.17, 15) is 4.79 Å². The van der Waals surface area contributed by atoms with Crippen LogP contribution in [-0.2, 0) is 0 Å². The van der Waals surface area contributed by atoms with Crippen LogP contribution in [0.25, 0.3) is 0 Å². The van der Waals surface area contributed by atoms with Crippen LogP contribution in [0.3, 0.4) is 0 Å². The van der Waals surface area contributed by atoms with Gasteiger partial charge in [0.2, 0.25) is 0 Å². The minimum atomic E-state index is -0.148. The Labute approximate surface area is 81.9 Å². The van der Waals surface area contributed by atoms with Gasteiger partial charge in [0.1, 0.15) is 6.26 Å². The summed E-state index contributed by atoms with van der Waals surface area (Å²) in [6.07, 6.45) is 4.57. The van der Waals surface area contributed by atoms with Gasteiger partial charge in [0.15, 0.2) is 12.1 Å². The van der Waals surface area contributed by atoms with Crippen molar-refractivity contribution in [2.75, 3.05) is 13.1 Å². The van der Waals surface area contributed by atoms with Crippen molar-refractivity contribution < 1.29 is 9.21 Å². The molecule has 5 nitrogen and oxygen atoms in total. The number of hydrogen-bond acceptors (Lipinski definition) is 4. The smallest absolute Gasteiger partial charge is 0.273 e. The zero-order valence-electron chi connectivity index (χ0n) is 7.82. The van der Waals surface area contributed by atoms with Crippen LogP contribution in [0, 0.1) is 0 Å². The average molecular weight is 195 g/mol. The van der Waals surface area contributed by atoms with Crippen LogP contribution < -0.4 is 10.6 Å². The van der Waals surface area contributed by atoms with Gasteiger partial charge in [-0.15, -0.1) is 0 Å². The molecule has 0 radical (unpaired) electrons. The SMILES string of the molecule is O=C(NC1CCNCC1)c1cocn1. The van der Waals surface area contributed by atoms with E-state index in [1.165, 1.54) is 12.7 Å². The van der Waals surface area contributed by atoms with E-state index >= 15 is 0 Å². The van der Waals surface area contributed by atoms with Gasteiger partial charge in [-0.1, -0.05) is 0 Å². The first kappa shape index (κ1) is 9.21. The Hall–Kier alpha value is -1.36. The third-order valence-electron chi connectivity index (χ3n) is 2.34. The fourth-order valence-corrected chi connectivity index (χ4v) is 1.55. The second-order valence-corrected chi connectivity index (χ2v) is 3.37. The summed E-state index contributed by atoms with van der Waals surface area (Å²) < 4.78 is 4.74. The number of amides is 1. The van der Waals surface area contributed by atoms with E-state index in [4.69, 9.17) is 4.42 Å². The Morgan fingerprint density at radius 2 is 2.36 bits per heavy atom. The molecular weight excluding hydrogens is 182 g/mol. The predicted molar refractivity (Wildman–Crippen MR) is 49.9 cm³/mol. The molecule has 2 rings (SSSR count). The summed E-state index contributed by atoms with van der Waals surface area (Å²) in [5.74, 6) is -0.148. The maximum atomic E-state index is 11.5. The Morgan fingerprint density at radius 1 is 1.57 bits per heavy atom. The van der Waals surface area contributed by atoms with Crippen molar-refractivity contribution in [1.29, 1.82) is 0 Å². The number of nitrogens with one attached hydrogen (secondary N) is 2. The molecule has 14 heavy (non-hydrogen) atoms. The molecule has 0 saturated carbocycles. The predicted octanol–water partition coefficient (Wildman–Crippen LogP) is 0.156. The number of carbonyl (C=O) groups is 1. The summed E-state index contributed by atoms with van der Waals surface area (Å²) in [5.41, 5.74) is 0.350. The first-order valence-electron chi connectivity index (χ1n) is 4.76. The lowest BCUT2D eigenvalue weighted by molar-refractivity contribution is 0.0924. The van der Waals surface area contributed by atoms with E-state index in [0.717, 1.165) is 25.9 Å². The van der Waals surface area contributed by atoms with E-state index in [-0.39, 0.29) is 11.9 Å². The molecule has 0 unspecified atom stereocenters. The number of piperidine rings is 1. The number of rotatable bonds is 2. The van der Waals surface area contributed by atoms with Crippen molar-refractivity contribution in [1.82, 2.24) is 15.6 Å². The van der Waals surface area contributed by atoms with Crippen molar-refractivity contribution in [3.05, 3.63) is 18.4 Å². The van der Waals surface area contributed by atoms with Gasteiger partial charge in [0.05, 0.1) is 0 Å². The Bertz CT molecular complexity index is 291. The summed E-state index contributed by atoms with van der Waals surface area (Å²) in [5, 5.41) is 6.16. The van der Waals surface area contributed by atoms with Gasteiger partial charge in [0, 0.05) is 6.04 Å². The minimum absolute atomic E-state index is 0.148. The number of aromatic nitrogens is 1. The lowest BCUT2D eigenvalue weighted by Gasteiger charge is -2.23. The van der Waals surface area contributed by atoms with Gasteiger partial charge >= 0.3 is 0 Å². The monoisotopic (exact) mass is 195 g/mol. The van der Waals surface area contributed by atoms with E-state index in [1.807, 2.05) is 0 Å². The van der Waals surface area contributed by atoms with Crippen LogP contribution in [0.5, 0.6) is 0 Å². The van der Waals surface area contributed by atoms with Crippen molar-refractivity contribution in [2.45, 2.75) is 18.9 Å². The summed E-state index contributed by atoms with van der Waals surface area (Å²) in [6.45, 7) is 1.92. The molecule has 1 fully saturated rings. The van der Waals surface area contributed by atoms with Crippen LogP contribution in [0.4, 0.5) is 0 Å². The van der Waals surface area contributed by atoms with Crippen LogP contribution in [-0.4, -0.2) is 30.0 Å². The number of nitrogens with zero attached hydrogens (tertiary/aromatic N) is 1. The van der Waals surface area contributed by atoms with Crippen LogP contribution in [0.1, 0.15) is 23.3 Å². The second-order valence-electron chi connectivity index (χ2n) is 3.37. The fourth-order valence-electron chi connectivity index (χ4n) is 1.55. The maximum Gasteiger partial charge on any atom is 0.273 e. The highest BCUT2D eigenvalue weighted by atomic mass is 16.3. The fraction of sp³-hybridized carbons (Fsp3) is 0.556. The van der Waals surface area contributed by atoms with Crippen molar-refractivity contribution in [2.24, 2.45) is 0 Å². The minimum Gasteiger partial charge on any atom is -0.451 e. The second kappa shape index (κ2) is 4.23. The molecule has 2 heterocycles. The van der Waals surface area contributed by atoms with Gasteiger partial charge in [-0.25, -0.2) is 4.98 Å². The zero-order valence-corrected chi connectivity index (χ0v) is 7.82. The molecule has 5 heteroatoms. The lowest BCUT2D eigenvalue weighted by atomic mass is 10.1. The van der Waals surface area contributed by atoms with Crippen LogP contribution >= 0.6 is 0 Å². The third-order valence-corrected chi connectivity index (χ3v) is 2.34. The largest absolute Gasteiger partial charge is 0.451 e. The molecule has 1 aliphatic heterocycles. The molecule has 1 amide bonds. The molecule has 76 valence electrons. The summed E-state index contributed by atoms with van der Waals surface area (Å²) in [7, 11) is 0. The van der Waals surface area contributed by atoms with Gasteiger partial charge in [-0.2, -0.15) is 0 Å². The van der Waals surface area contributed by atoms with E-state index < -0.39 is 0 Å². The topological polar surface area (TPSA) is 67.2 Å². The molecule has 0 aliphatic carbocycles. The van der Waals surface area contributed by atoms with Gasteiger partial charge in [-0.05, 0) is 25.9 Å². The molecule has 1 aromatic heterocycles. The highest BCUT2D eigenvalue weighted by Gasteiger charge is 2.17. The summed E-state index contributed by atoms with van der Waals surface area (Å²) in [4.78, 5) is 15.3. The zero-order chi connectivity index (χ0) is 9.80.